The smallest absolute Gasteiger partial charge is 0.0706 e. The SMILES string of the molecule is COCC(N)CN(C)CC1CCC(C)O1. The highest BCUT2D eigenvalue weighted by molar-refractivity contribution is 4.75. The summed E-state index contributed by atoms with van der Waals surface area (Å²) < 4.78 is 10.8. The van der Waals surface area contributed by atoms with Crippen molar-refractivity contribution >= 4 is 0 Å². The van der Waals surface area contributed by atoms with Gasteiger partial charge >= 0.3 is 0 Å². The van der Waals surface area contributed by atoms with E-state index in [2.05, 4.69) is 18.9 Å². The molecule has 0 aliphatic carbocycles. The number of nitrogens with zero attached hydrogens (tertiary/aromatic N) is 1. The Kier molecular flexibility index (Phi) is 5.53. The van der Waals surface area contributed by atoms with E-state index < -0.39 is 0 Å². The van der Waals surface area contributed by atoms with Gasteiger partial charge in [-0.25, -0.2) is 0 Å². The second-order valence-corrected chi connectivity index (χ2v) is 4.58. The van der Waals surface area contributed by atoms with Crippen LogP contribution in [0.2, 0.25) is 0 Å². The molecular formula is C11H24N2O2. The standard InChI is InChI=1S/C11H24N2O2/c1-9-4-5-11(15-9)7-13(2)6-10(12)8-14-3/h9-11H,4-8,12H2,1-3H3. The summed E-state index contributed by atoms with van der Waals surface area (Å²) in [5, 5.41) is 0. The number of ether oxygens (including phenoxy) is 2. The summed E-state index contributed by atoms with van der Waals surface area (Å²) in [6.07, 6.45) is 3.17. The number of rotatable bonds is 6. The largest absolute Gasteiger partial charge is 0.383 e. The van der Waals surface area contributed by atoms with Crippen molar-refractivity contribution in [3.05, 3.63) is 0 Å². The normalized spacial score (nSPS) is 28.6. The summed E-state index contributed by atoms with van der Waals surface area (Å²) in [7, 11) is 3.77. The van der Waals surface area contributed by atoms with Gasteiger partial charge in [-0.05, 0) is 26.8 Å². The zero-order chi connectivity index (χ0) is 11.3. The van der Waals surface area contributed by atoms with Crippen LogP contribution in [0.1, 0.15) is 19.8 Å². The molecule has 1 rings (SSSR count). The highest BCUT2D eigenvalue weighted by Gasteiger charge is 2.23. The van der Waals surface area contributed by atoms with E-state index in [1.165, 1.54) is 12.8 Å². The maximum Gasteiger partial charge on any atom is 0.0706 e. The fourth-order valence-electron chi connectivity index (χ4n) is 2.11. The molecule has 4 nitrogen and oxygen atoms in total. The van der Waals surface area contributed by atoms with Crippen molar-refractivity contribution < 1.29 is 9.47 Å². The quantitative estimate of drug-likeness (QED) is 0.701. The molecule has 3 unspecified atom stereocenters. The van der Waals surface area contributed by atoms with E-state index in [0.29, 0.717) is 18.8 Å². The zero-order valence-electron chi connectivity index (χ0n) is 10.1. The maximum atomic E-state index is 5.88. The molecule has 0 bridgehead atoms. The Morgan fingerprint density at radius 1 is 1.53 bits per heavy atom. The van der Waals surface area contributed by atoms with E-state index in [1.54, 1.807) is 7.11 Å². The number of hydrogen-bond acceptors (Lipinski definition) is 4. The van der Waals surface area contributed by atoms with Gasteiger partial charge in [0.1, 0.15) is 0 Å². The number of likely N-dealkylation sites (N-methyl/N-ethyl adjacent to an activating group) is 1. The van der Waals surface area contributed by atoms with Gasteiger partial charge in [0, 0.05) is 26.2 Å². The maximum absolute atomic E-state index is 5.88. The van der Waals surface area contributed by atoms with Crippen molar-refractivity contribution in [3.63, 3.8) is 0 Å². The van der Waals surface area contributed by atoms with Gasteiger partial charge in [-0.2, -0.15) is 0 Å². The molecule has 1 saturated heterocycles. The fraction of sp³-hybridized carbons (Fsp3) is 1.00. The minimum Gasteiger partial charge on any atom is -0.383 e. The van der Waals surface area contributed by atoms with Gasteiger partial charge in [0.15, 0.2) is 0 Å². The zero-order valence-corrected chi connectivity index (χ0v) is 10.1. The second kappa shape index (κ2) is 6.43. The van der Waals surface area contributed by atoms with E-state index >= 15 is 0 Å². The van der Waals surface area contributed by atoms with E-state index in [0.717, 1.165) is 13.1 Å². The fourth-order valence-corrected chi connectivity index (χ4v) is 2.11. The average Bonchev–Trinajstić information content (AvgIpc) is 2.51. The Balaban J connectivity index is 2.15. The summed E-state index contributed by atoms with van der Waals surface area (Å²) in [4.78, 5) is 2.23. The molecule has 1 heterocycles. The van der Waals surface area contributed by atoms with Crippen LogP contribution in [0, 0.1) is 0 Å². The van der Waals surface area contributed by atoms with Crippen LogP contribution in [-0.4, -0.2) is 57.0 Å². The van der Waals surface area contributed by atoms with Crippen LogP contribution in [0.5, 0.6) is 0 Å². The van der Waals surface area contributed by atoms with Crippen LogP contribution in [0.15, 0.2) is 0 Å². The molecule has 0 aromatic heterocycles. The van der Waals surface area contributed by atoms with Gasteiger partial charge in [-0.1, -0.05) is 0 Å². The van der Waals surface area contributed by atoms with Crippen molar-refractivity contribution in [1.29, 1.82) is 0 Å². The molecule has 1 fully saturated rings. The predicted molar refractivity (Wildman–Crippen MR) is 60.9 cm³/mol. The highest BCUT2D eigenvalue weighted by Crippen LogP contribution is 2.19. The topological polar surface area (TPSA) is 47.7 Å². The Hall–Kier alpha value is -0.160. The molecule has 0 spiro atoms. The highest BCUT2D eigenvalue weighted by atomic mass is 16.5. The number of hydrogen-bond donors (Lipinski definition) is 1. The molecule has 3 atom stereocenters. The lowest BCUT2D eigenvalue weighted by atomic mass is 10.2. The van der Waals surface area contributed by atoms with Crippen LogP contribution in [0.25, 0.3) is 0 Å². The first-order valence-corrected chi connectivity index (χ1v) is 5.70. The van der Waals surface area contributed by atoms with E-state index in [-0.39, 0.29) is 6.04 Å². The van der Waals surface area contributed by atoms with Gasteiger partial charge in [0.05, 0.1) is 18.8 Å². The molecule has 1 aliphatic heterocycles. The van der Waals surface area contributed by atoms with E-state index in [1.807, 2.05) is 0 Å². The van der Waals surface area contributed by atoms with Crippen LogP contribution in [0.4, 0.5) is 0 Å². The monoisotopic (exact) mass is 216 g/mol. The third kappa shape index (κ3) is 4.93. The molecule has 0 aromatic rings. The predicted octanol–water partition coefficient (Wildman–Crippen LogP) is 0.459. The number of nitrogens with two attached hydrogens (primary N) is 1. The summed E-state index contributed by atoms with van der Waals surface area (Å²) in [6, 6.07) is 0.0961. The first-order chi connectivity index (χ1) is 7.11. The molecule has 15 heavy (non-hydrogen) atoms. The van der Waals surface area contributed by atoms with Gasteiger partial charge in [-0.3, -0.25) is 0 Å². The van der Waals surface area contributed by atoms with Crippen molar-refractivity contribution in [2.24, 2.45) is 5.73 Å². The molecule has 0 radical (unpaired) electrons. The molecule has 0 aromatic carbocycles. The Morgan fingerprint density at radius 3 is 2.80 bits per heavy atom. The van der Waals surface area contributed by atoms with Gasteiger partial charge in [0.2, 0.25) is 0 Å². The minimum absolute atomic E-state index is 0.0961. The molecule has 0 amide bonds. The van der Waals surface area contributed by atoms with Crippen LogP contribution in [-0.2, 0) is 9.47 Å². The summed E-state index contributed by atoms with van der Waals surface area (Å²) in [6.45, 7) is 4.59. The lowest BCUT2D eigenvalue weighted by Gasteiger charge is -2.23. The average molecular weight is 216 g/mol. The molecule has 90 valence electrons. The lowest BCUT2D eigenvalue weighted by Crippen LogP contribution is -2.41. The van der Waals surface area contributed by atoms with E-state index in [4.69, 9.17) is 15.2 Å². The summed E-state index contributed by atoms with van der Waals surface area (Å²) >= 11 is 0. The molecule has 1 aliphatic rings. The summed E-state index contributed by atoms with van der Waals surface area (Å²) in [5.74, 6) is 0. The van der Waals surface area contributed by atoms with Crippen LogP contribution in [0.3, 0.4) is 0 Å². The van der Waals surface area contributed by atoms with Gasteiger partial charge in [0.25, 0.3) is 0 Å². The van der Waals surface area contributed by atoms with Crippen molar-refractivity contribution in [1.82, 2.24) is 4.90 Å². The second-order valence-electron chi connectivity index (χ2n) is 4.58. The molecule has 4 heteroatoms. The number of methoxy groups -OCH3 is 1. The lowest BCUT2D eigenvalue weighted by molar-refractivity contribution is 0.0338. The van der Waals surface area contributed by atoms with Crippen molar-refractivity contribution in [3.8, 4) is 0 Å². The van der Waals surface area contributed by atoms with Crippen LogP contribution < -0.4 is 5.73 Å². The Labute approximate surface area is 92.7 Å². The first-order valence-electron chi connectivity index (χ1n) is 5.70. The summed E-state index contributed by atoms with van der Waals surface area (Å²) in [5.41, 5.74) is 5.88. The van der Waals surface area contributed by atoms with Gasteiger partial charge in [-0.15, -0.1) is 0 Å². The van der Waals surface area contributed by atoms with E-state index in [9.17, 15) is 0 Å². The minimum atomic E-state index is 0.0961. The van der Waals surface area contributed by atoms with Crippen LogP contribution >= 0.6 is 0 Å². The Morgan fingerprint density at radius 2 is 2.27 bits per heavy atom. The molecular weight excluding hydrogens is 192 g/mol. The first kappa shape index (κ1) is 12.9. The molecule has 0 saturated carbocycles. The third-order valence-electron chi connectivity index (χ3n) is 2.76. The van der Waals surface area contributed by atoms with Crippen molar-refractivity contribution in [2.75, 3.05) is 33.9 Å². The van der Waals surface area contributed by atoms with Crippen molar-refractivity contribution in [2.45, 2.75) is 38.0 Å². The Bertz CT molecular complexity index is 178. The molecule has 2 N–H and O–H groups in total. The van der Waals surface area contributed by atoms with Gasteiger partial charge < -0.3 is 20.1 Å². The third-order valence-corrected chi connectivity index (χ3v) is 2.76.